The third-order valence-corrected chi connectivity index (χ3v) is 2.59. The summed E-state index contributed by atoms with van der Waals surface area (Å²) in [6, 6.07) is 0.702. The van der Waals surface area contributed by atoms with Gasteiger partial charge in [-0.15, -0.1) is 0 Å². The number of rotatable bonds is 5. The van der Waals surface area contributed by atoms with E-state index in [1.807, 2.05) is 0 Å². The first kappa shape index (κ1) is 11.0. The van der Waals surface area contributed by atoms with E-state index in [1.54, 1.807) is 0 Å². The Kier molecular flexibility index (Phi) is 6.15. The molecular formula is C10H22N2O. The molecule has 0 spiro atoms. The zero-order valence-corrected chi connectivity index (χ0v) is 8.39. The van der Waals surface area contributed by atoms with Crippen molar-refractivity contribution in [3.8, 4) is 0 Å². The minimum atomic E-state index is 0.327. The van der Waals surface area contributed by atoms with Crippen LogP contribution in [0.1, 0.15) is 32.1 Å². The van der Waals surface area contributed by atoms with E-state index in [0.29, 0.717) is 12.6 Å². The van der Waals surface area contributed by atoms with Gasteiger partial charge >= 0.3 is 0 Å². The summed E-state index contributed by atoms with van der Waals surface area (Å²) in [5.74, 6) is 0. The number of aliphatic hydroxyl groups is 1. The lowest BCUT2D eigenvalue weighted by atomic mass is 10.1. The third-order valence-electron chi connectivity index (χ3n) is 2.59. The monoisotopic (exact) mass is 186 g/mol. The van der Waals surface area contributed by atoms with Crippen molar-refractivity contribution in [3.05, 3.63) is 0 Å². The molecule has 1 aliphatic rings. The summed E-state index contributed by atoms with van der Waals surface area (Å²) in [6.07, 6.45) is 5.86. The minimum Gasteiger partial charge on any atom is -0.396 e. The van der Waals surface area contributed by atoms with Crippen molar-refractivity contribution in [1.29, 1.82) is 0 Å². The van der Waals surface area contributed by atoms with E-state index in [4.69, 9.17) is 5.11 Å². The van der Waals surface area contributed by atoms with Gasteiger partial charge in [-0.1, -0.05) is 0 Å². The fourth-order valence-electron chi connectivity index (χ4n) is 1.77. The average molecular weight is 186 g/mol. The fraction of sp³-hybridized carbons (Fsp3) is 1.00. The van der Waals surface area contributed by atoms with Crippen LogP contribution in [-0.4, -0.2) is 37.4 Å². The highest BCUT2D eigenvalue weighted by atomic mass is 16.2. The second kappa shape index (κ2) is 7.30. The van der Waals surface area contributed by atoms with Crippen molar-refractivity contribution in [1.82, 2.24) is 10.6 Å². The smallest absolute Gasteiger partial charge is 0.0431 e. The van der Waals surface area contributed by atoms with Crippen LogP contribution in [0.2, 0.25) is 0 Å². The van der Waals surface area contributed by atoms with Gasteiger partial charge in [0.1, 0.15) is 0 Å². The average Bonchev–Trinajstić information content (AvgIpc) is 2.41. The molecule has 0 aromatic heterocycles. The highest BCUT2D eigenvalue weighted by Gasteiger charge is 2.09. The molecule has 78 valence electrons. The molecule has 0 aliphatic carbocycles. The minimum absolute atomic E-state index is 0.327. The molecule has 1 aliphatic heterocycles. The van der Waals surface area contributed by atoms with Crippen molar-refractivity contribution in [2.75, 3.05) is 26.2 Å². The Hall–Kier alpha value is -0.120. The van der Waals surface area contributed by atoms with E-state index in [-0.39, 0.29) is 0 Å². The Bertz CT molecular complexity index is 111. The van der Waals surface area contributed by atoms with E-state index in [0.717, 1.165) is 25.9 Å². The first-order chi connectivity index (χ1) is 6.43. The Labute approximate surface area is 80.9 Å². The normalized spacial score (nSPS) is 24.2. The van der Waals surface area contributed by atoms with Gasteiger partial charge in [0.2, 0.25) is 0 Å². The van der Waals surface area contributed by atoms with Gasteiger partial charge in [-0.2, -0.15) is 0 Å². The van der Waals surface area contributed by atoms with Crippen LogP contribution in [0.25, 0.3) is 0 Å². The van der Waals surface area contributed by atoms with Crippen LogP contribution in [0.5, 0.6) is 0 Å². The summed E-state index contributed by atoms with van der Waals surface area (Å²) >= 11 is 0. The van der Waals surface area contributed by atoms with Crippen LogP contribution in [0.15, 0.2) is 0 Å². The molecule has 3 nitrogen and oxygen atoms in total. The maximum absolute atomic E-state index is 8.61. The quantitative estimate of drug-likeness (QED) is 0.548. The van der Waals surface area contributed by atoms with Gasteiger partial charge in [0.15, 0.2) is 0 Å². The van der Waals surface area contributed by atoms with Crippen LogP contribution >= 0.6 is 0 Å². The second-order valence-corrected chi connectivity index (χ2v) is 3.76. The lowest BCUT2D eigenvalue weighted by Gasteiger charge is -2.15. The van der Waals surface area contributed by atoms with E-state index in [1.165, 1.54) is 25.8 Å². The molecular weight excluding hydrogens is 164 g/mol. The zero-order valence-electron chi connectivity index (χ0n) is 8.39. The molecule has 0 bridgehead atoms. The zero-order chi connectivity index (χ0) is 9.36. The van der Waals surface area contributed by atoms with E-state index < -0.39 is 0 Å². The predicted molar refractivity (Wildman–Crippen MR) is 54.8 cm³/mol. The molecule has 1 fully saturated rings. The van der Waals surface area contributed by atoms with Crippen molar-refractivity contribution in [2.45, 2.75) is 38.1 Å². The van der Waals surface area contributed by atoms with Gasteiger partial charge in [-0.3, -0.25) is 0 Å². The molecule has 0 aromatic carbocycles. The van der Waals surface area contributed by atoms with E-state index >= 15 is 0 Å². The largest absolute Gasteiger partial charge is 0.396 e. The summed E-state index contributed by atoms with van der Waals surface area (Å²) in [6.45, 7) is 3.71. The molecule has 13 heavy (non-hydrogen) atoms. The molecule has 1 saturated heterocycles. The number of hydrogen-bond acceptors (Lipinski definition) is 3. The molecule has 3 N–H and O–H groups in total. The Balaban J connectivity index is 1.98. The topological polar surface area (TPSA) is 44.3 Å². The summed E-state index contributed by atoms with van der Waals surface area (Å²) in [7, 11) is 0. The van der Waals surface area contributed by atoms with E-state index in [9.17, 15) is 0 Å². The SMILES string of the molecule is OCCCCN[C@H]1CCCNCC1. The lowest BCUT2D eigenvalue weighted by Crippen LogP contribution is -2.30. The standard InChI is InChI=1S/C10H22N2O/c13-9-2-1-7-12-10-4-3-6-11-8-5-10/h10-13H,1-9H2/t10-/m0/s1. The highest BCUT2D eigenvalue weighted by Crippen LogP contribution is 2.04. The first-order valence-corrected chi connectivity index (χ1v) is 5.48. The third kappa shape index (κ3) is 5.24. The van der Waals surface area contributed by atoms with Crippen LogP contribution < -0.4 is 10.6 Å². The van der Waals surface area contributed by atoms with Gasteiger partial charge in [0.25, 0.3) is 0 Å². The first-order valence-electron chi connectivity index (χ1n) is 5.48. The van der Waals surface area contributed by atoms with Crippen LogP contribution in [0, 0.1) is 0 Å². The molecule has 1 heterocycles. The molecule has 3 heteroatoms. The molecule has 1 atom stereocenters. The summed E-state index contributed by atoms with van der Waals surface area (Å²) in [5.41, 5.74) is 0. The molecule has 1 rings (SSSR count). The predicted octanol–water partition coefficient (Wildman–Crippen LogP) is 0.491. The number of aliphatic hydroxyl groups excluding tert-OH is 1. The summed E-state index contributed by atoms with van der Waals surface area (Å²) in [4.78, 5) is 0. The van der Waals surface area contributed by atoms with Crippen molar-refractivity contribution < 1.29 is 5.11 Å². The maximum Gasteiger partial charge on any atom is 0.0431 e. The van der Waals surface area contributed by atoms with Gasteiger partial charge in [-0.05, 0) is 51.7 Å². The van der Waals surface area contributed by atoms with Crippen molar-refractivity contribution in [3.63, 3.8) is 0 Å². The van der Waals surface area contributed by atoms with Crippen LogP contribution in [-0.2, 0) is 0 Å². The lowest BCUT2D eigenvalue weighted by molar-refractivity contribution is 0.282. The number of unbranched alkanes of at least 4 members (excludes halogenated alkanes) is 1. The van der Waals surface area contributed by atoms with Gasteiger partial charge in [-0.25, -0.2) is 0 Å². The van der Waals surface area contributed by atoms with Gasteiger partial charge < -0.3 is 15.7 Å². The van der Waals surface area contributed by atoms with E-state index in [2.05, 4.69) is 10.6 Å². The Morgan fingerprint density at radius 1 is 1.23 bits per heavy atom. The number of nitrogens with one attached hydrogen (secondary N) is 2. The van der Waals surface area contributed by atoms with Gasteiger partial charge in [0, 0.05) is 12.6 Å². The second-order valence-electron chi connectivity index (χ2n) is 3.76. The summed E-state index contributed by atoms with van der Waals surface area (Å²) < 4.78 is 0. The molecule has 0 amide bonds. The Morgan fingerprint density at radius 2 is 2.15 bits per heavy atom. The highest BCUT2D eigenvalue weighted by molar-refractivity contribution is 4.72. The van der Waals surface area contributed by atoms with Gasteiger partial charge in [0.05, 0.1) is 0 Å². The van der Waals surface area contributed by atoms with Crippen LogP contribution in [0.4, 0.5) is 0 Å². The van der Waals surface area contributed by atoms with Crippen LogP contribution in [0.3, 0.4) is 0 Å². The fourth-order valence-corrected chi connectivity index (χ4v) is 1.77. The Morgan fingerprint density at radius 3 is 3.00 bits per heavy atom. The van der Waals surface area contributed by atoms with Crippen molar-refractivity contribution >= 4 is 0 Å². The molecule has 0 aromatic rings. The van der Waals surface area contributed by atoms with Crippen molar-refractivity contribution in [2.24, 2.45) is 0 Å². The number of hydrogen-bond donors (Lipinski definition) is 3. The molecule has 0 radical (unpaired) electrons. The molecule has 0 unspecified atom stereocenters. The maximum atomic E-state index is 8.61. The molecule has 0 saturated carbocycles. The summed E-state index contributed by atoms with van der Waals surface area (Å²) in [5, 5.41) is 15.6.